The van der Waals surface area contributed by atoms with Crippen molar-refractivity contribution in [3.63, 3.8) is 0 Å². The topological polar surface area (TPSA) is 44.8 Å². The van der Waals surface area contributed by atoms with Crippen LogP contribution < -0.4 is 9.47 Å². The Morgan fingerprint density at radius 1 is 1.00 bits per heavy atom. The first-order valence-corrected chi connectivity index (χ1v) is 6.58. The molecule has 0 saturated heterocycles. The second kappa shape index (κ2) is 6.79. The third kappa shape index (κ3) is 3.75. The number of hydrogen-bond acceptors (Lipinski definition) is 4. The Morgan fingerprint density at radius 3 is 2.29 bits per heavy atom. The number of carbonyl (C=O) groups excluding carboxylic acids is 1. The van der Waals surface area contributed by atoms with Crippen molar-refractivity contribution in [1.29, 1.82) is 0 Å². The van der Waals surface area contributed by atoms with Crippen LogP contribution in [0.2, 0.25) is 0 Å². The van der Waals surface area contributed by atoms with Crippen molar-refractivity contribution in [2.24, 2.45) is 0 Å². The van der Waals surface area contributed by atoms with Crippen LogP contribution in [0, 0.1) is 6.92 Å². The lowest BCUT2D eigenvalue weighted by Gasteiger charge is -2.10. The number of methoxy groups -OCH3 is 2. The summed E-state index contributed by atoms with van der Waals surface area (Å²) in [6, 6.07) is 13.0. The fourth-order valence-electron chi connectivity index (χ4n) is 1.91. The Hall–Kier alpha value is -2.49. The normalized spacial score (nSPS) is 10.0. The number of ether oxygens (including phenoxy) is 3. The van der Waals surface area contributed by atoms with Gasteiger partial charge in [-0.2, -0.15) is 0 Å². The highest BCUT2D eigenvalue weighted by atomic mass is 16.5. The summed E-state index contributed by atoms with van der Waals surface area (Å²) >= 11 is 0. The first-order chi connectivity index (χ1) is 10.1. The minimum absolute atomic E-state index is 0.359. The zero-order valence-electron chi connectivity index (χ0n) is 12.4. The van der Waals surface area contributed by atoms with Gasteiger partial charge in [-0.1, -0.05) is 18.2 Å². The van der Waals surface area contributed by atoms with E-state index < -0.39 is 0 Å². The molecule has 0 saturated carbocycles. The molecule has 0 aliphatic heterocycles. The van der Waals surface area contributed by atoms with Crippen molar-refractivity contribution in [1.82, 2.24) is 0 Å². The van der Waals surface area contributed by atoms with Gasteiger partial charge in [-0.15, -0.1) is 0 Å². The van der Waals surface area contributed by atoms with Crippen LogP contribution in [-0.2, 0) is 11.3 Å². The number of rotatable bonds is 5. The second-order valence-electron chi connectivity index (χ2n) is 4.61. The van der Waals surface area contributed by atoms with Gasteiger partial charge in [-0.3, -0.25) is 0 Å². The monoisotopic (exact) mass is 286 g/mol. The lowest BCUT2D eigenvalue weighted by Crippen LogP contribution is -2.04. The fraction of sp³-hybridized carbons (Fsp3) is 0.235. The van der Waals surface area contributed by atoms with E-state index >= 15 is 0 Å². The van der Waals surface area contributed by atoms with Gasteiger partial charge in [0, 0.05) is 0 Å². The molecule has 21 heavy (non-hydrogen) atoms. The van der Waals surface area contributed by atoms with Crippen LogP contribution in [0.5, 0.6) is 11.5 Å². The Labute approximate surface area is 124 Å². The zero-order valence-corrected chi connectivity index (χ0v) is 12.4. The lowest BCUT2D eigenvalue weighted by molar-refractivity contribution is 0.0599. The number of aryl methyl sites for hydroxylation is 1. The summed E-state index contributed by atoms with van der Waals surface area (Å²) in [4.78, 5) is 11.6. The van der Waals surface area contributed by atoms with E-state index in [4.69, 9.17) is 14.2 Å². The van der Waals surface area contributed by atoms with Gasteiger partial charge >= 0.3 is 5.97 Å². The van der Waals surface area contributed by atoms with Crippen LogP contribution in [0.25, 0.3) is 0 Å². The Kier molecular flexibility index (Phi) is 4.82. The van der Waals surface area contributed by atoms with Gasteiger partial charge in [0.2, 0.25) is 0 Å². The van der Waals surface area contributed by atoms with E-state index in [1.807, 2.05) is 43.3 Å². The van der Waals surface area contributed by atoms with E-state index in [-0.39, 0.29) is 5.97 Å². The molecule has 4 heteroatoms. The first-order valence-electron chi connectivity index (χ1n) is 6.58. The van der Waals surface area contributed by atoms with E-state index in [9.17, 15) is 4.79 Å². The highest BCUT2D eigenvalue weighted by Gasteiger charge is 2.10. The standard InChI is InChI=1S/C17H18O4/c1-12-4-7-15(10-16(12)17(18)20-3)21-11-13-5-8-14(19-2)9-6-13/h4-10H,11H2,1-3H3. The smallest absolute Gasteiger partial charge is 0.338 e. The van der Waals surface area contributed by atoms with E-state index in [1.54, 1.807) is 13.2 Å². The van der Waals surface area contributed by atoms with Crippen molar-refractivity contribution in [2.45, 2.75) is 13.5 Å². The molecule has 0 N–H and O–H groups in total. The zero-order chi connectivity index (χ0) is 15.2. The highest BCUT2D eigenvalue weighted by molar-refractivity contribution is 5.91. The maximum Gasteiger partial charge on any atom is 0.338 e. The summed E-state index contributed by atoms with van der Waals surface area (Å²) in [6.45, 7) is 2.28. The van der Waals surface area contributed by atoms with Gasteiger partial charge in [-0.05, 0) is 42.3 Å². The first kappa shape index (κ1) is 14.9. The predicted octanol–water partition coefficient (Wildman–Crippen LogP) is 3.37. The third-order valence-electron chi connectivity index (χ3n) is 3.18. The molecule has 0 fully saturated rings. The summed E-state index contributed by atoms with van der Waals surface area (Å²) in [7, 11) is 3.00. The van der Waals surface area contributed by atoms with Crippen molar-refractivity contribution < 1.29 is 19.0 Å². The van der Waals surface area contributed by atoms with Gasteiger partial charge < -0.3 is 14.2 Å². The Morgan fingerprint density at radius 2 is 1.67 bits per heavy atom. The SMILES string of the molecule is COC(=O)c1cc(OCc2ccc(OC)cc2)ccc1C. The average Bonchev–Trinajstić information content (AvgIpc) is 2.53. The molecule has 0 aliphatic rings. The van der Waals surface area contributed by atoms with Gasteiger partial charge in [-0.25, -0.2) is 4.79 Å². The van der Waals surface area contributed by atoms with Crippen LogP contribution in [-0.4, -0.2) is 20.2 Å². The molecule has 0 aromatic heterocycles. The Balaban J connectivity index is 2.07. The third-order valence-corrected chi connectivity index (χ3v) is 3.18. The summed E-state index contributed by atoms with van der Waals surface area (Å²) in [5.41, 5.74) is 2.40. The minimum Gasteiger partial charge on any atom is -0.497 e. The highest BCUT2D eigenvalue weighted by Crippen LogP contribution is 2.20. The van der Waals surface area contributed by atoms with Crippen molar-refractivity contribution >= 4 is 5.97 Å². The van der Waals surface area contributed by atoms with Gasteiger partial charge in [0.05, 0.1) is 19.8 Å². The van der Waals surface area contributed by atoms with Crippen molar-refractivity contribution in [3.8, 4) is 11.5 Å². The van der Waals surface area contributed by atoms with E-state index in [0.29, 0.717) is 17.9 Å². The maximum atomic E-state index is 11.6. The van der Waals surface area contributed by atoms with Crippen LogP contribution in [0.1, 0.15) is 21.5 Å². The molecule has 0 spiro atoms. The summed E-state index contributed by atoms with van der Waals surface area (Å²) in [5.74, 6) is 1.08. The molecule has 0 amide bonds. The predicted molar refractivity (Wildman–Crippen MR) is 79.8 cm³/mol. The summed E-state index contributed by atoms with van der Waals surface area (Å²) < 4.78 is 15.6. The number of benzene rings is 2. The molecule has 2 rings (SSSR count). The molecule has 2 aromatic carbocycles. The molecular weight excluding hydrogens is 268 g/mol. The molecule has 0 radical (unpaired) electrons. The minimum atomic E-state index is -0.359. The maximum absolute atomic E-state index is 11.6. The van der Waals surface area contributed by atoms with Crippen LogP contribution in [0.3, 0.4) is 0 Å². The molecule has 0 bridgehead atoms. The molecule has 0 atom stereocenters. The van der Waals surface area contributed by atoms with Gasteiger partial charge in [0.1, 0.15) is 18.1 Å². The second-order valence-corrected chi connectivity index (χ2v) is 4.61. The van der Waals surface area contributed by atoms with Crippen LogP contribution in [0.15, 0.2) is 42.5 Å². The van der Waals surface area contributed by atoms with Gasteiger partial charge in [0.15, 0.2) is 0 Å². The molecule has 0 aliphatic carbocycles. The average molecular weight is 286 g/mol. The fourth-order valence-corrected chi connectivity index (χ4v) is 1.91. The van der Waals surface area contributed by atoms with Crippen molar-refractivity contribution in [3.05, 3.63) is 59.2 Å². The largest absolute Gasteiger partial charge is 0.497 e. The molecule has 2 aromatic rings. The van der Waals surface area contributed by atoms with E-state index in [2.05, 4.69) is 0 Å². The summed E-state index contributed by atoms with van der Waals surface area (Å²) in [6.07, 6.45) is 0. The molecule has 4 nitrogen and oxygen atoms in total. The molecule has 0 unspecified atom stereocenters. The molecular formula is C17H18O4. The number of hydrogen-bond donors (Lipinski definition) is 0. The quantitative estimate of drug-likeness (QED) is 0.790. The van der Waals surface area contributed by atoms with Gasteiger partial charge in [0.25, 0.3) is 0 Å². The number of carbonyl (C=O) groups is 1. The Bertz CT molecular complexity index is 617. The molecule has 0 heterocycles. The lowest BCUT2D eigenvalue weighted by atomic mass is 10.1. The van der Waals surface area contributed by atoms with E-state index in [0.717, 1.165) is 16.9 Å². The molecule has 110 valence electrons. The van der Waals surface area contributed by atoms with E-state index in [1.165, 1.54) is 7.11 Å². The van der Waals surface area contributed by atoms with Crippen LogP contribution >= 0.6 is 0 Å². The number of esters is 1. The van der Waals surface area contributed by atoms with Crippen molar-refractivity contribution in [2.75, 3.05) is 14.2 Å². The van der Waals surface area contributed by atoms with Crippen LogP contribution in [0.4, 0.5) is 0 Å². The summed E-state index contributed by atoms with van der Waals surface area (Å²) in [5, 5.41) is 0.